The van der Waals surface area contributed by atoms with Crippen LogP contribution in [0.5, 0.6) is 0 Å². The van der Waals surface area contributed by atoms with Gasteiger partial charge in [-0.1, -0.05) is 19.9 Å². The number of benzene rings is 1. The second kappa shape index (κ2) is 19.5. The molecule has 0 saturated carbocycles. The van der Waals surface area contributed by atoms with Gasteiger partial charge in [0.25, 0.3) is 11.8 Å². The number of aromatic nitrogens is 3. The van der Waals surface area contributed by atoms with Crippen LogP contribution in [0.4, 0.5) is 4.79 Å². The van der Waals surface area contributed by atoms with Crippen LogP contribution in [0, 0.1) is 11.3 Å². The van der Waals surface area contributed by atoms with Crippen LogP contribution < -0.4 is 16.1 Å². The van der Waals surface area contributed by atoms with Crippen LogP contribution in [-0.4, -0.2) is 143 Å². The average molecular weight is 937 g/mol. The Morgan fingerprint density at radius 1 is 1.13 bits per heavy atom. The van der Waals surface area contributed by atoms with Gasteiger partial charge in [-0.2, -0.15) is 0 Å². The fourth-order valence-electron chi connectivity index (χ4n) is 9.63. The SMILES string of the molecule is CCn1c(-c2cccnc2[C@H](C)OC)c2c3cc(ccc31)-c1csc(n1)C[C@H](NC(=O)C(=C(C)C)N(C)C(=O)N1CC(CN(C)C(=O)[C@@H]3CN3)C1)C(=O)N1CCC[C@H](N1)C(=O)OCC(C)(C)C2. The van der Waals surface area contributed by atoms with Gasteiger partial charge in [0.15, 0.2) is 0 Å². The minimum absolute atomic E-state index is 0.0493. The van der Waals surface area contributed by atoms with Gasteiger partial charge in [-0.25, -0.2) is 15.2 Å². The van der Waals surface area contributed by atoms with Gasteiger partial charge >= 0.3 is 12.0 Å². The Bertz CT molecular complexity index is 2590. The molecule has 0 spiro atoms. The molecule has 4 aliphatic heterocycles. The third-order valence-electron chi connectivity index (χ3n) is 13.3. The number of carbonyl (C=O) groups is 5. The monoisotopic (exact) mass is 936 g/mol. The van der Waals surface area contributed by atoms with E-state index in [2.05, 4.69) is 65.7 Å². The first-order valence-electron chi connectivity index (χ1n) is 23.3. The molecule has 0 radical (unpaired) electrons. The molecule has 1 aromatic carbocycles. The maximum Gasteiger partial charge on any atom is 0.324 e. The number of amides is 5. The van der Waals surface area contributed by atoms with E-state index >= 15 is 0 Å². The molecule has 3 saturated heterocycles. The van der Waals surface area contributed by atoms with E-state index in [-0.39, 0.29) is 48.7 Å². The highest BCUT2D eigenvalue weighted by molar-refractivity contribution is 7.10. The van der Waals surface area contributed by atoms with E-state index < -0.39 is 35.3 Å². The van der Waals surface area contributed by atoms with Crippen LogP contribution in [0.15, 0.2) is 53.2 Å². The van der Waals surface area contributed by atoms with Crippen molar-refractivity contribution in [1.29, 1.82) is 0 Å². The lowest BCUT2D eigenvalue weighted by molar-refractivity contribution is -0.155. The molecule has 0 aliphatic carbocycles. The molecule has 4 aliphatic rings. The first kappa shape index (κ1) is 47.8. The zero-order valence-electron chi connectivity index (χ0n) is 40.1. The summed E-state index contributed by atoms with van der Waals surface area (Å²) in [5, 5.41) is 11.1. The van der Waals surface area contributed by atoms with Gasteiger partial charge in [0, 0.05) is 112 Å². The number of fused-ring (bicyclic) bond motifs is 6. The number of methoxy groups -OCH3 is 1. The zero-order valence-corrected chi connectivity index (χ0v) is 40.9. The Morgan fingerprint density at radius 3 is 2.60 bits per heavy atom. The lowest BCUT2D eigenvalue weighted by atomic mass is 9.84. The van der Waals surface area contributed by atoms with Crippen LogP contribution in [0.1, 0.15) is 76.8 Å². The number of thiazole rings is 1. The Labute approximate surface area is 396 Å². The first-order chi connectivity index (χ1) is 32.0. The van der Waals surface area contributed by atoms with Gasteiger partial charge in [-0.15, -0.1) is 11.3 Å². The van der Waals surface area contributed by atoms with Crippen molar-refractivity contribution in [3.8, 4) is 22.5 Å². The van der Waals surface area contributed by atoms with Crippen molar-refractivity contribution in [2.45, 2.75) is 98.0 Å². The van der Waals surface area contributed by atoms with Gasteiger partial charge < -0.3 is 34.5 Å². The number of cyclic esters (lactones) is 1. The third-order valence-corrected chi connectivity index (χ3v) is 14.2. The Hall–Kier alpha value is -5.69. The molecule has 17 nitrogen and oxygen atoms in total. The number of hydrogen-bond acceptors (Lipinski definition) is 12. The third kappa shape index (κ3) is 9.98. The normalized spacial score (nSPS) is 21.2. The number of aryl methyl sites for hydroxylation is 1. The van der Waals surface area contributed by atoms with E-state index in [4.69, 9.17) is 19.4 Å². The minimum Gasteiger partial charge on any atom is -0.464 e. The molecule has 3 N–H and O–H groups in total. The van der Waals surface area contributed by atoms with E-state index in [1.807, 2.05) is 18.4 Å². The molecule has 5 amide bonds. The van der Waals surface area contributed by atoms with E-state index in [9.17, 15) is 24.0 Å². The molecule has 67 heavy (non-hydrogen) atoms. The summed E-state index contributed by atoms with van der Waals surface area (Å²) in [6.45, 7) is 15.1. The minimum atomic E-state index is -1.11. The molecule has 8 rings (SSSR count). The number of rotatable bonds is 10. The molecule has 3 fully saturated rings. The molecule has 3 aromatic heterocycles. The van der Waals surface area contributed by atoms with E-state index in [0.29, 0.717) is 69.1 Å². The standard InChI is InChI=1S/C49H64N10O7S/c1-10-58-39-16-15-31-19-33(39)34(43(58)32-13-11-17-50-41(32)29(4)65-9)21-49(5,6)27-66-47(63)35-14-12-18-59(54-35)46(62)36(20-40-52-38(31)26-67-40)53-44(60)42(28(2)3)56(8)48(64)57-24-30(25-57)23-55(7)45(61)37-22-51-37/h11,13,15-17,19,26,29-30,35-37,51,54H,10,12,14,18,20-25,27H2,1-9H3,(H,53,60)/t29-,35-,36-,37-/m0/s1. The van der Waals surface area contributed by atoms with Crippen LogP contribution in [0.3, 0.4) is 0 Å². The van der Waals surface area contributed by atoms with Crippen molar-refractivity contribution < 1.29 is 33.4 Å². The Kier molecular flexibility index (Phi) is 13.9. The summed E-state index contributed by atoms with van der Waals surface area (Å²) in [5.74, 6) is -1.32. The summed E-state index contributed by atoms with van der Waals surface area (Å²) in [7, 11) is 5.02. The van der Waals surface area contributed by atoms with E-state index in [0.717, 1.165) is 44.7 Å². The Balaban J connectivity index is 1.11. The largest absolute Gasteiger partial charge is 0.464 e. The average Bonchev–Trinajstić information content (AvgIpc) is 3.98. The van der Waals surface area contributed by atoms with Crippen molar-refractivity contribution in [3.63, 3.8) is 0 Å². The maximum absolute atomic E-state index is 14.6. The van der Waals surface area contributed by atoms with Crippen LogP contribution in [0.2, 0.25) is 0 Å². The summed E-state index contributed by atoms with van der Waals surface area (Å²) in [6.07, 6.45) is 3.17. The molecule has 4 aromatic rings. The highest BCUT2D eigenvalue weighted by Crippen LogP contribution is 2.42. The number of carbonyl (C=O) groups excluding carboxylic acids is 5. The van der Waals surface area contributed by atoms with E-state index in [1.54, 1.807) is 51.0 Å². The van der Waals surface area contributed by atoms with Crippen molar-refractivity contribution in [2.75, 3.05) is 60.5 Å². The maximum atomic E-state index is 14.6. The van der Waals surface area contributed by atoms with Gasteiger partial charge in [0.1, 0.15) is 17.8 Å². The highest BCUT2D eigenvalue weighted by Gasteiger charge is 2.40. The number of pyridine rings is 1. The summed E-state index contributed by atoms with van der Waals surface area (Å²) in [6, 6.07) is 8.03. The molecule has 4 atom stereocenters. The molecular weight excluding hydrogens is 873 g/mol. The van der Waals surface area contributed by atoms with Crippen molar-refractivity contribution in [2.24, 2.45) is 11.3 Å². The molecule has 7 heterocycles. The fourth-order valence-corrected chi connectivity index (χ4v) is 10.5. The summed E-state index contributed by atoms with van der Waals surface area (Å²) < 4.78 is 14.2. The number of likely N-dealkylation sites (N-methyl/N-ethyl adjacent to an activating group) is 2. The predicted octanol–water partition coefficient (Wildman–Crippen LogP) is 4.91. The summed E-state index contributed by atoms with van der Waals surface area (Å²) >= 11 is 1.40. The smallest absolute Gasteiger partial charge is 0.324 e. The quantitative estimate of drug-likeness (QED) is 0.111. The van der Waals surface area contributed by atoms with Crippen molar-refractivity contribution in [1.82, 2.24) is 50.3 Å². The number of nitrogens with one attached hydrogen (secondary N) is 3. The molecule has 18 heteroatoms. The van der Waals surface area contributed by atoms with Gasteiger partial charge in [0.05, 0.1) is 40.8 Å². The Morgan fingerprint density at radius 2 is 1.90 bits per heavy atom. The van der Waals surface area contributed by atoms with E-state index in [1.165, 1.54) is 21.2 Å². The number of esters is 1. The van der Waals surface area contributed by atoms with Crippen LogP contribution in [-0.2, 0) is 48.0 Å². The fraction of sp³-hybridized carbons (Fsp3) is 0.531. The summed E-state index contributed by atoms with van der Waals surface area (Å²) in [5.41, 5.74) is 9.95. The molecule has 0 unspecified atom stereocenters. The molecule has 6 bridgehead atoms. The van der Waals surface area contributed by atoms with Crippen LogP contribution in [0.25, 0.3) is 33.4 Å². The second-order valence-electron chi connectivity index (χ2n) is 19.4. The number of nitrogens with zero attached hydrogens (tertiary/aromatic N) is 7. The topological polar surface area (TPSA) is 193 Å². The molecular formula is C49H64N10O7S. The predicted molar refractivity (Wildman–Crippen MR) is 255 cm³/mol. The number of likely N-dealkylation sites (tertiary alicyclic amines) is 1. The number of allylic oxidation sites excluding steroid dienone is 1. The first-order valence-corrected chi connectivity index (χ1v) is 24.2. The zero-order chi connectivity index (χ0) is 47.9. The number of hydrazine groups is 1. The van der Waals surface area contributed by atoms with Crippen molar-refractivity contribution in [3.05, 3.63) is 69.4 Å². The number of urea groups is 1. The van der Waals surface area contributed by atoms with Gasteiger partial charge in [0.2, 0.25) is 5.91 Å². The number of hydrogen-bond donors (Lipinski definition) is 3. The lowest BCUT2D eigenvalue weighted by Crippen LogP contribution is -2.61. The van der Waals surface area contributed by atoms with Crippen LogP contribution >= 0.6 is 11.3 Å². The molecule has 358 valence electrons. The van der Waals surface area contributed by atoms with Crippen molar-refractivity contribution >= 4 is 52.0 Å². The second-order valence-corrected chi connectivity index (χ2v) is 20.3. The highest BCUT2D eigenvalue weighted by atomic mass is 32.1. The number of ether oxygens (including phenoxy) is 2. The lowest BCUT2D eigenvalue weighted by Gasteiger charge is -2.42. The van der Waals surface area contributed by atoms with Gasteiger partial charge in [-0.05, 0) is 82.4 Å². The summed E-state index contributed by atoms with van der Waals surface area (Å²) in [4.78, 5) is 83.8. The van der Waals surface area contributed by atoms with Gasteiger partial charge in [-0.3, -0.25) is 34.1 Å².